The van der Waals surface area contributed by atoms with Crippen molar-refractivity contribution in [2.75, 3.05) is 12.7 Å². The summed E-state index contributed by atoms with van der Waals surface area (Å²) in [6.45, 7) is 9.25. The van der Waals surface area contributed by atoms with Gasteiger partial charge < -0.3 is 9.05 Å². The summed E-state index contributed by atoms with van der Waals surface area (Å²) in [5.41, 5.74) is 5.19. The molecule has 52 heavy (non-hydrogen) atoms. The van der Waals surface area contributed by atoms with Crippen LogP contribution in [0, 0.1) is 27.7 Å². The molecule has 0 unspecified atom stereocenters. The van der Waals surface area contributed by atoms with Crippen molar-refractivity contribution >= 4 is 44.8 Å². The number of hydrogen-bond acceptors (Lipinski definition) is 3. The molecule has 1 aliphatic heterocycles. The van der Waals surface area contributed by atoms with E-state index in [4.69, 9.17) is 9.05 Å². The predicted molar refractivity (Wildman–Crippen MR) is 223 cm³/mol. The van der Waals surface area contributed by atoms with Crippen molar-refractivity contribution in [2.24, 2.45) is 0 Å². The maximum absolute atomic E-state index is 15.8. The Labute approximate surface area is 312 Å². The lowest BCUT2D eigenvalue weighted by atomic mass is 10.2. The second-order valence-electron chi connectivity index (χ2n) is 13.8. The molecule has 0 N–H and O–H groups in total. The topological polar surface area (TPSA) is 38.8 Å². The van der Waals surface area contributed by atoms with Crippen LogP contribution in [0.25, 0.3) is 0 Å². The van der Waals surface area contributed by atoms with E-state index in [-0.39, 0.29) is 11.7 Å². The lowest BCUT2D eigenvalue weighted by molar-refractivity contribution is 0.281. The Balaban J connectivity index is 1.37. The number of para-hydroxylation sites is 2. The van der Waals surface area contributed by atoms with E-state index < -0.39 is 23.6 Å². The lowest BCUT2D eigenvalue weighted by Crippen LogP contribution is -2.35. The molecule has 0 saturated carbocycles. The number of aryl methyl sites for hydroxylation is 4. The van der Waals surface area contributed by atoms with Gasteiger partial charge in [-0.25, -0.2) is 4.57 Å². The molecular weight excluding hydrogens is 695 g/mol. The summed E-state index contributed by atoms with van der Waals surface area (Å²) >= 11 is 0. The molecule has 1 heterocycles. The van der Waals surface area contributed by atoms with Crippen molar-refractivity contribution < 1.29 is 13.6 Å². The molecule has 2 atom stereocenters. The minimum atomic E-state index is -3.95. The van der Waals surface area contributed by atoms with Crippen molar-refractivity contribution in [1.29, 1.82) is 0 Å². The van der Waals surface area contributed by atoms with Gasteiger partial charge in [0.1, 0.15) is 11.5 Å². The van der Waals surface area contributed by atoms with Crippen LogP contribution >= 0.6 is 23.6 Å². The molecule has 6 aromatic rings. The van der Waals surface area contributed by atoms with Gasteiger partial charge in [0, 0.05) is 18.2 Å². The van der Waals surface area contributed by atoms with E-state index in [2.05, 4.69) is 129 Å². The zero-order valence-corrected chi connectivity index (χ0v) is 33.0. The van der Waals surface area contributed by atoms with Gasteiger partial charge in [0.15, 0.2) is 0 Å². The van der Waals surface area contributed by atoms with Gasteiger partial charge in [-0.2, -0.15) is 4.67 Å². The average Bonchev–Trinajstić information content (AvgIpc) is 3.56. The first-order chi connectivity index (χ1) is 25.2. The third-order valence-corrected chi connectivity index (χ3v) is 16.9. The van der Waals surface area contributed by atoms with Gasteiger partial charge in [0.2, 0.25) is 0 Å². The molecule has 1 fully saturated rings. The smallest absolute Gasteiger partial charge is 0.404 e. The summed E-state index contributed by atoms with van der Waals surface area (Å²) in [6, 6.07) is 54.7. The molecule has 264 valence electrons. The molecule has 0 aliphatic carbocycles. The third-order valence-electron chi connectivity index (χ3n) is 9.55. The van der Waals surface area contributed by atoms with Gasteiger partial charge in [0.05, 0.1) is 0 Å². The zero-order chi connectivity index (χ0) is 36.1. The summed E-state index contributed by atoms with van der Waals surface area (Å²) in [7, 11) is -5.57. The minimum Gasteiger partial charge on any atom is -0.404 e. The van der Waals surface area contributed by atoms with Crippen molar-refractivity contribution in [3.05, 3.63) is 180 Å². The molecule has 7 heteroatoms. The SMILES string of the molecule is Cc1cccc(P(C[C@@H]2C[C@H](P(c3cccc(C)c3)c3cccc(C)c3)CN2P(=O)(Oc2ccccc2)Oc2ccccc2)c2cccc(C)c2)c1. The summed E-state index contributed by atoms with van der Waals surface area (Å²) in [5, 5.41) is 5.33. The first kappa shape index (κ1) is 36.3. The van der Waals surface area contributed by atoms with E-state index in [9.17, 15) is 0 Å². The van der Waals surface area contributed by atoms with Crippen LogP contribution in [0.15, 0.2) is 158 Å². The summed E-state index contributed by atoms with van der Waals surface area (Å²) in [4.78, 5) is 0. The highest BCUT2D eigenvalue weighted by Crippen LogP contribution is 2.60. The highest BCUT2D eigenvalue weighted by atomic mass is 31.2. The molecule has 0 bridgehead atoms. The molecule has 0 radical (unpaired) electrons. The van der Waals surface area contributed by atoms with Crippen LogP contribution in [-0.4, -0.2) is 29.1 Å². The summed E-state index contributed by atoms with van der Waals surface area (Å²) in [5.74, 6) is 1.06. The Morgan fingerprint density at radius 3 is 1.38 bits per heavy atom. The van der Waals surface area contributed by atoms with Gasteiger partial charge in [-0.1, -0.05) is 156 Å². The normalized spacial score (nSPS) is 16.3. The van der Waals surface area contributed by atoms with E-state index in [0.29, 0.717) is 18.0 Å². The van der Waals surface area contributed by atoms with Gasteiger partial charge in [-0.3, -0.25) is 0 Å². The Hall–Kier alpha value is -4.03. The van der Waals surface area contributed by atoms with E-state index in [1.165, 1.54) is 43.5 Å². The maximum atomic E-state index is 15.8. The fourth-order valence-corrected chi connectivity index (χ4v) is 15.3. The van der Waals surface area contributed by atoms with Gasteiger partial charge >= 0.3 is 7.75 Å². The highest BCUT2D eigenvalue weighted by Gasteiger charge is 2.50. The van der Waals surface area contributed by atoms with Crippen molar-refractivity contribution in [3.8, 4) is 11.5 Å². The first-order valence-corrected chi connectivity index (χ1v) is 22.4. The van der Waals surface area contributed by atoms with Crippen LogP contribution in [0.5, 0.6) is 11.5 Å². The average molecular weight is 742 g/mol. The second kappa shape index (κ2) is 16.3. The predicted octanol–water partition coefficient (Wildman–Crippen LogP) is 10.2. The van der Waals surface area contributed by atoms with Crippen LogP contribution in [0.4, 0.5) is 0 Å². The van der Waals surface area contributed by atoms with Crippen LogP contribution in [0.1, 0.15) is 28.7 Å². The van der Waals surface area contributed by atoms with Crippen LogP contribution in [0.3, 0.4) is 0 Å². The van der Waals surface area contributed by atoms with E-state index in [0.717, 1.165) is 12.6 Å². The fraction of sp³-hybridized carbons (Fsp3) is 0.200. The largest absolute Gasteiger partial charge is 0.515 e. The summed E-state index contributed by atoms with van der Waals surface area (Å²) < 4.78 is 31.1. The number of nitrogens with zero attached hydrogens (tertiary/aromatic N) is 1. The maximum Gasteiger partial charge on any atom is 0.515 e. The number of benzene rings is 6. The van der Waals surface area contributed by atoms with Crippen LogP contribution < -0.4 is 30.3 Å². The molecule has 1 saturated heterocycles. The molecular formula is C45H46NO3P3. The summed E-state index contributed by atoms with van der Waals surface area (Å²) in [6.07, 6.45) is 1.69. The molecule has 7 rings (SSSR count). The zero-order valence-electron chi connectivity index (χ0n) is 30.3. The van der Waals surface area contributed by atoms with Gasteiger partial charge in [-0.15, -0.1) is 0 Å². The number of hydrogen-bond donors (Lipinski definition) is 0. The van der Waals surface area contributed by atoms with E-state index >= 15 is 4.57 Å². The molecule has 1 aliphatic rings. The Morgan fingerprint density at radius 2 is 0.962 bits per heavy atom. The molecule has 0 aromatic heterocycles. The Kier molecular flexibility index (Phi) is 11.4. The highest BCUT2D eigenvalue weighted by molar-refractivity contribution is 7.74. The molecule has 6 aromatic carbocycles. The molecule has 4 nitrogen and oxygen atoms in total. The lowest BCUT2D eigenvalue weighted by Gasteiger charge is -2.33. The van der Waals surface area contributed by atoms with Gasteiger partial charge in [-0.05, 0) is 102 Å². The molecule has 0 spiro atoms. The van der Waals surface area contributed by atoms with Crippen molar-refractivity contribution in [2.45, 2.75) is 45.8 Å². The van der Waals surface area contributed by atoms with Gasteiger partial charge in [0.25, 0.3) is 0 Å². The third kappa shape index (κ3) is 8.60. The minimum absolute atomic E-state index is 0.0741. The van der Waals surface area contributed by atoms with E-state index in [1.54, 1.807) is 0 Å². The van der Waals surface area contributed by atoms with Crippen molar-refractivity contribution in [1.82, 2.24) is 4.67 Å². The monoisotopic (exact) mass is 741 g/mol. The van der Waals surface area contributed by atoms with Crippen molar-refractivity contribution in [3.63, 3.8) is 0 Å². The molecule has 0 amide bonds. The van der Waals surface area contributed by atoms with Crippen LogP contribution in [-0.2, 0) is 4.57 Å². The first-order valence-electron chi connectivity index (χ1n) is 17.9. The standard InChI is InChI=1S/C45H46NO3P3/c1-34-15-11-23-41(27-34)50(42-24-12-16-35(2)28-42)33-38-31-45(51(43-25-13-17-36(3)29-43)44-26-14-18-37(4)30-44)32-46(38)52(47,48-39-19-7-5-8-20-39)49-40-21-9-6-10-22-40/h5-30,38,45H,31-33H2,1-4H3/t38-,45-/m0/s1. The number of rotatable bonds is 12. The van der Waals surface area contributed by atoms with Crippen LogP contribution in [0.2, 0.25) is 0 Å². The van der Waals surface area contributed by atoms with E-state index in [1.807, 2.05) is 60.7 Å². The Morgan fingerprint density at radius 1 is 0.558 bits per heavy atom. The quantitative estimate of drug-likeness (QED) is 0.117. The second-order valence-corrected chi connectivity index (χ2v) is 20.4. The fourth-order valence-electron chi connectivity index (χ4n) is 7.17. The Bertz CT molecular complexity index is 2020.